The maximum absolute atomic E-state index is 11.4. The summed E-state index contributed by atoms with van der Waals surface area (Å²) in [7, 11) is 1.55. The first-order chi connectivity index (χ1) is 8.61. The summed E-state index contributed by atoms with van der Waals surface area (Å²) in [5.41, 5.74) is 1.65. The van der Waals surface area contributed by atoms with Crippen molar-refractivity contribution in [2.24, 2.45) is 0 Å². The molecule has 0 aliphatic carbocycles. The van der Waals surface area contributed by atoms with Gasteiger partial charge < -0.3 is 10.1 Å². The molecule has 1 aromatic rings. The van der Waals surface area contributed by atoms with E-state index < -0.39 is 0 Å². The van der Waals surface area contributed by atoms with Gasteiger partial charge in [0.15, 0.2) is 5.78 Å². The number of hydrogen-bond acceptors (Lipinski definition) is 3. The number of hydrogen-bond donors (Lipinski definition) is 1. The Kier molecular flexibility index (Phi) is 3.65. The molecule has 1 fully saturated rings. The first-order valence-corrected chi connectivity index (χ1v) is 6.07. The van der Waals surface area contributed by atoms with E-state index in [2.05, 4.69) is 5.32 Å². The molecule has 1 saturated heterocycles. The van der Waals surface area contributed by atoms with Crippen LogP contribution in [0.1, 0.15) is 41.6 Å². The molecule has 4 heteroatoms. The monoisotopic (exact) mass is 247 g/mol. The van der Waals surface area contributed by atoms with Gasteiger partial charge in [0.25, 0.3) is 0 Å². The van der Waals surface area contributed by atoms with Gasteiger partial charge in [0.1, 0.15) is 5.75 Å². The van der Waals surface area contributed by atoms with Crippen molar-refractivity contribution in [2.75, 3.05) is 13.7 Å². The number of nitrogens with one attached hydrogen (secondary N) is 1. The minimum atomic E-state index is -0.0141. The number of ether oxygens (including phenoxy) is 1. The molecule has 1 aromatic carbocycles. The van der Waals surface area contributed by atoms with Crippen LogP contribution >= 0.6 is 0 Å². The third-order valence-corrected chi connectivity index (χ3v) is 3.32. The Bertz CT molecular complexity index is 482. The van der Waals surface area contributed by atoms with E-state index in [0.717, 1.165) is 12.0 Å². The van der Waals surface area contributed by atoms with Gasteiger partial charge in [-0.3, -0.25) is 9.59 Å². The average Bonchev–Trinajstić information content (AvgIpc) is 2.37. The van der Waals surface area contributed by atoms with E-state index in [9.17, 15) is 9.59 Å². The predicted octanol–water partition coefficient (Wildman–Crippen LogP) is 1.89. The Morgan fingerprint density at radius 3 is 2.83 bits per heavy atom. The number of amides is 1. The molecule has 0 bridgehead atoms. The fourth-order valence-electron chi connectivity index (χ4n) is 2.32. The summed E-state index contributed by atoms with van der Waals surface area (Å²) in [6.07, 6.45) is 1.43. The molecule has 96 valence electrons. The van der Waals surface area contributed by atoms with E-state index in [1.54, 1.807) is 13.2 Å². The predicted molar refractivity (Wildman–Crippen MR) is 68.0 cm³/mol. The molecule has 18 heavy (non-hydrogen) atoms. The molecule has 1 atom stereocenters. The standard InChI is InChI=1S/C14H17NO3/c1-9(16)12-4-3-10(7-13(12)18-2)11-5-6-15-14(17)8-11/h3-4,7,11H,5-6,8H2,1-2H3,(H,15,17)/t11-/m1/s1. The number of rotatable bonds is 3. The van der Waals surface area contributed by atoms with E-state index >= 15 is 0 Å². The first kappa shape index (κ1) is 12.6. The van der Waals surface area contributed by atoms with Gasteiger partial charge >= 0.3 is 0 Å². The highest BCUT2D eigenvalue weighted by atomic mass is 16.5. The Labute approximate surface area is 106 Å². The average molecular weight is 247 g/mol. The van der Waals surface area contributed by atoms with Crippen molar-refractivity contribution in [1.82, 2.24) is 5.32 Å². The fraction of sp³-hybridized carbons (Fsp3) is 0.429. The van der Waals surface area contributed by atoms with Crippen LogP contribution < -0.4 is 10.1 Å². The Morgan fingerprint density at radius 2 is 2.22 bits per heavy atom. The number of benzene rings is 1. The molecule has 1 N–H and O–H groups in total. The summed E-state index contributed by atoms with van der Waals surface area (Å²) in [4.78, 5) is 22.8. The van der Waals surface area contributed by atoms with Crippen LogP contribution in [0.25, 0.3) is 0 Å². The third kappa shape index (κ3) is 2.53. The number of carbonyl (C=O) groups excluding carboxylic acids is 2. The molecule has 0 unspecified atom stereocenters. The lowest BCUT2D eigenvalue weighted by Gasteiger charge is -2.23. The van der Waals surface area contributed by atoms with Gasteiger partial charge in [0.05, 0.1) is 12.7 Å². The van der Waals surface area contributed by atoms with E-state index in [1.807, 2.05) is 12.1 Å². The van der Waals surface area contributed by atoms with E-state index in [-0.39, 0.29) is 17.6 Å². The second-order valence-electron chi connectivity index (χ2n) is 4.56. The number of piperidine rings is 1. The van der Waals surface area contributed by atoms with Crippen LogP contribution in [0.5, 0.6) is 5.75 Å². The van der Waals surface area contributed by atoms with E-state index in [0.29, 0.717) is 24.3 Å². The zero-order valence-corrected chi connectivity index (χ0v) is 10.7. The van der Waals surface area contributed by atoms with Crippen LogP contribution in [-0.2, 0) is 4.79 Å². The highest BCUT2D eigenvalue weighted by molar-refractivity contribution is 5.96. The van der Waals surface area contributed by atoms with Crippen LogP contribution in [0.2, 0.25) is 0 Å². The summed E-state index contributed by atoms with van der Waals surface area (Å²) in [6.45, 7) is 2.23. The van der Waals surface area contributed by atoms with Gasteiger partial charge in [0.2, 0.25) is 5.91 Å². The second kappa shape index (κ2) is 5.21. The second-order valence-corrected chi connectivity index (χ2v) is 4.56. The Hall–Kier alpha value is -1.84. The molecule has 0 spiro atoms. The minimum absolute atomic E-state index is 0.0141. The summed E-state index contributed by atoms with van der Waals surface area (Å²) in [5, 5.41) is 2.82. The van der Waals surface area contributed by atoms with Crippen molar-refractivity contribution in [3.8, 4) is 5.75 Å². The van der Waals surface area contributed by atoms with Gasteiger partial charge in [-0.25, -0.2) is 0 Å². The minimum Gasteiger partial charge on any atom is -0.496 e. The normalized spacial score (nSPS) is 19.2. The largest absolute Gasteiger partial charge is 0.496 e. The van der Waals surface area contributed by atoms with Crippen LogP contribution in [0.15, 0.2) is 18.2 Å². The van der Waals surface area contributed by atoms with Crippen LogP contribution in [0.3, 0.4) is 0 Å². The van der Waals surface area contributed by atoms with Crippen molar-refractivity contribution in [3.05, 3.63) is 29.3 Å². The summed E-state index contributed by atoms with van der Waals surface area (Å²) < 4.78 is 5.24. The van der Waals surface area contributed by atoms with Gasteiger partial charge in [-0.2, -0.15) is 0 Å². The van der Waals surface area contributed by atoms with Gasteiger partial charge in [-0.1, -0.05) is 6.07 Å². The van der Waals surface area contributed by atoms with E-state index in [1.165, 1.54) is 6.92 Å². The third-order valence-electron chi connectivity index (χ3n) is 3.32. The SMILES string of the molecule is COc1cc([C@@H]2CCNC(=O)C2)ccc1C(C)=O. The van der Waals surface area contributed by atoms with Crippen molar-refractivity contribution in [1.29, 1.82) is 0 Å². The first-order valence-electron chi connectivity index (χ1n) is 6.07. The molecule has 1 amide bonds. The molecular formula is C14H17NO3. The lowest BCUT2D eigenvalue weighted by atomic mass is 9.89. The van der Waals surface area contributed by atoms with Crippen molar-refractivity contribution < 1.29 is 14.3 Å². The van der Waals surface area contributed by atoms with Gasteiger partial charge in [-0.05, 0) is 37.0 Å². The Morgan fingerprint density at radius 1 is 1.44 bits per heavy atom. The van der Waals surface area contributed by atoms with Crippen LogP contribution in [0, 0.1) is 0 Å². The number of Topliss-reactive ketones (excluding diaryl/α,β-unsaturated/α-hetero) is 1. The van der Waals surface area contributed by atoms with Crippen LogP contribution in [-0.4, -0.2) is 25.3 Å². The molecule has 4 nitrogen and oxygen atoms in total. The smallest absolute Gasteiger partial charge is 0.220 e. The maximum Gasteiger partial charge on any atom is 0.220 e. The quantitative estimate of drug-likeness (QED) is 0.830. The van der Waals surface area contributed by atoms with Gasteiger partial charge in [-0.15, -0.1) is 0 Å². The molecule has 1 aliphatic rings. The Balaban J connectivity index is 2.29. The lowest BCUT2D eigenvalue weighted by Crippen LogP contribution is -2.32. The summed E-state index contributed by atoms with van der Waals surface area (Å²) in [6, 6.07) is 5.57. The van der Waals surface area contributed by atoms with Crippen molar-refractivity contribution >= 4 is 11.7 Å². The number of ketones is 1. The lowest BCUT2D eigenvalue weighted by molar-refractivity contribution is -0.122. The molecule has 1 aliphatic heterocycles. The summed E-state index contributed by atoms with van der Waals surface area (Å²) >= 11 is 0. The fourth-order valence-corrected chi connectivity index (χ4v) is 2.32. The summed E-state index contributed by atoms with van der Waals surface area (Å²) in [5.74, 6) is 0.875. The maximum atomic E-state index is 11.4. The molecule has 1 heterocycles. The zero-order chi connectivity index (χ0) is 13.1. The van der Waals surface area contributed by atoms with Crippen molar-refractivity contribution in [3.63, 3.8) is 0 Å². The molecule has 0 saturated carbocycles. The van der Waals surface area contributed by atoms with Crippen LogP contribution in [0.4, 0.5) is 0 Å². The molecule has 0 radical (unpaired) electrons. The zero-order valence-electron chi connectivity index (χ0n) is 10.7. The molecule has 2 rings (SSSR count). The number of methoxy groups -OCH3 is 1. The highest BCUT2D eigenvalue weighted by Crippen LogP contribution is 2.30. The van der Waals surface area contributed by atoms with Gasteiger partial charge in [0, 0.05) is 13.0 Å². The van der Waals surface area contributed by atoms with Crippen molar-refractivity contribution in [2.45, 2.75) is 25.7 Å². The molecule has 0 aromatic heterocycles. The number of carbonyl (C=O) groups is 2. The highest BCUT2D eigenvalue weighted by Gasteiger charge is 2.21. The molecular weight excluding hydrogens is 230 g/mol. The topological polar surface area (TPSA) is 55.4 Å². The van der Waals surface area contributed by atoms with E-state index in [4.69, 9.17) is 4.74 Å².